The monoisotopic (exact) mass is 393 g/mol. The molecule has 0 bridgehead atoms. The molecule has 2 aromatic carbocycles. The Morgan fingerprint density at radius 2 is 1.76 bits per heavy atom. The van der Waals surface area contributed by atoms with E-state index >= 15 is 0 Å². The first-order valence-electron chi connectivity index (χ1n) is 9.56. The fraction of sp³-hybridized carbons (Fsp3) is 0.333. The molecule has 2 aromatic rings. The molecule has 1 amide bonds. The number of nitrogens with zero attached hydrogens (tertiary/aromatic N) is 1. The molecule has 0 unspecified atom stereocenters. The first kappa shape index (κ1) is 20.6. The average molecular weight is 393 g/mol. The van der Waals surface area contributed by atoms with Crippen LogP contribution in [0.1, 0.15) is 40.2 Å². The van der Waals surface area contributed by atoms with E-state index in [1.807, 2.05) is 77.1 Å². The number of benzene rings is 2. The number of carbonyl (C=O) groups excluding carboxylic acids is 2. The quantitative estimate of drug-likeness (QED) is 0.648. The zero-order chi connectivity index (χ0) is 21.4. The summed E-state index contributed by atoms with van der Waals surface area (Å²) in [5.74, 6) is 0.740. The molecular weight excluding hydrogens is 366 g/mol. The van der Waals surface area contributed by atoms with E-state index in [4.69, 9.17) is 9.47 Å². The topological polar surface area (TPSA) is 55.8 Å². The molecule has 0 saturated carbocycles. The van der Waals surface area contributed by atoms with Gasteiger partial charge in [-0.05, 0) is 64.5 Å². The van der Waals surface area contributed by atoms with Gasteiger partial charge in [-0.3, -0.25) is 9.69 Å². The fourth-order valence-electron chi connectivity index (χ4n) is 3.58. The highest BCUT2D eigenvalue weighted by molar-refractivity contribution is 6.13. The van der Waals surface area contributed by atoms with E-state index in [1.165, 1.54) is 0 Å². The van der Waals surface area contributed by atoms with Gasteiger partial charge in [-0.2, -0.15) is 0 Å². The lowest BCUT2D eigenvalue weighted by Crippen LogP contribution is -2.50. The molecule has 0 atom stereocenters. The third kappa shape index (κ3) is 4.04. The molecule has 0 fully saturated rings. The van der Waals surface area contributed by atoms with E-state index in [2.05, 4.69) is 0 Å². The molecule has 0 spiro atoms. The van der Waals surface area contributed by atoms with Crippen molar-refractivity contribution in [3.8, 4) is 16.9 Å². The second kappa shape index (κ2) is 7.39. The molecule has 0 N–H and O–H groups in total. The van der Waals surface area contributed by atoms with Gasteiger partial charge in [0.1, 0.15) is 17.6 Å². The molecule has 1 heterocycles. The summed E-state index contributed by atoms with van der Waals surface area (Å²) in [5.41, 5.74) is 2.36. The summed E-state index contributed by atoms with van der Waals surface area (Å²) in [5, 5.41) is 0. The summed E-state index contributed by atoms with van der Waals surface area (Å²) in [4.78, 5) is 26.5. The van der Waals surface area contributed by atoms with Crippen LogP contribution >= 0.6 is 0 Å². The van der Waals surface area contributed by atoms with Gasteiger partial charge in [-0.1, -0.05) is 24.3 Å². The molecule has 1 aliphatic rings. The smallest absolute Gasteiger partial charge is 0.415 e. The van der Waals surface area contributed by atoms with Crippen molar-refractivity contribution in [1.82, 2.24) is 0 Å². The average Bonchev–Trinajstić information content (AvgIpc) is 2.64. The van der Waals surface area contributed by atoms with E-state index in [9.17, 15) is 9.59 Å². The Morgan fingerprint density at radius 3 is 2.38 bits per heavy atom. The highest BCUT2D eigenvalue weighted by Crippen LogP contribution is 2.42. The van der Waals surface area contributed by atoms with Crippen molar-refractivity contribution in [3.05, 3.63) is 54.1 Å². The van der Waals surface area contributed by atoms with Crippen molar-refractivity contribution in [2.75, 3.05) is 12.0 Å². The number of allylic oxidation sites excluding steroid dienone is 1. The van der Waals surface area contributed by atoms with Gasteiger partial charge < -0.3 is 9.47 Å². The standard InChI is InChI=1S/C24H27NO4/c1-23(2,3)29-22(27)25-20-12-11-16(18-9-7-8-10-21(18)28-6)13-19(20)17(15-26)14-24(25,4)5/h7-15H,1-6H3. The molecular formula is C24H27NO4. The van der Waals surface area contributed by atoms with Crippen LogP contribution in [0.2, 0.25) is 0 Å². The number of hydrogen-bond acceptors (Lipinski definition) is 4. The van der Waals surface area contributed by atoms with Gasteiger partial charge >= 0.3 is 6.09 Å². The van der Waals surface area contributed by atoms with Crippen molar-refractivity contribution in [2.24, 2.45) is 0 Å². The lowest BCUT2D eigenvalue weighted by atomic mass is 9.87. The first-order valence-corrected chi connectivity index (χ1v) is 9.56. The molecule has 3 rings (SSSR count). The lowest BCUT2D eigenvalue weighted by Gasteiger charge is -2.41. The van der Waals surface area contributed by atoms with Crippen LogP contribution in [0.3, 0.4) is 0 Å². The molecule has 0 radical (unpaired) electrons. The van der Waals surface area contributed by atoms with E-state index in [0.717, 1.165) is 23.2 Å². The summed E-state index contributed by atoms with van der Waals surface area (Å²) in [6.07, 6.45) is 2.19. The maximum absolute atomic E-state index is 13.0. The van der Waals surface area contributed by atoms with Crippen LogP contribution in [0.25, 0.3) is 16.7 Å². The predicted octanol–water partition coefficient (Wildman–Crippen LogP) is 5.48. The minimum absolute atomic E-state index is 0.449. The largest absolute Gasteiger partial charge is 0.496 e. The molecule has 0 aliphatic carbocycles. The van der Waals surface area contributed by atoms with Crippen LogP contribution in [0.4, 0.5) is 10.5 Å². The first-order chi connectivity index (χ1) is 13.6. The molecule has 5 nitrogen and oxygen atoms in total. The van der Waals surface area contributed by atoms with Gasteiger partial charge in [0.25, 0.3) is 0 Å². The Kier molecular flexibility index (Phi) is 5.26. The SMILES string of the molecule is COc1ccccc1-c1ccc2c(c1)C(C=O)=CC(C)(C)N2C(=O)OC(C)(C)C. The third-order valence-electron chi connectivity index (χ3n) is 4.75. The maximum atomic E-state index is 13.0. The van der Waals surface area contributed by atoms with Crippen LogP contribution in [0.15, 0.2) is 48.5 Å². The van der Waals surface area contributed by atoms with Crippen LogP contribution in [-0.2, 0) is 9.53 Å². The van der Waals surface area contributed by atoms with Crippen LogP contribution < -0.4 is 9.64 Å². The Bertz CT molecular complexity index is 983. The summed E-state index contributed by atoms with van der Waals surface area (Å²) in [6, 6.07) is 13.4. The summed E-state index contributed by atoms with van der Waals surface area (Å²) < 4.78 is 11.1. The number of ether oxygens (including phenoxy) is 2. The minimum atomic E-state index is -0.711. The van der Waals surface area contributed by atoms with Crippen LogP contribution in [-0.4, -0.2) is 30.6 Å². The Hall–Kier alpha value is -3.08. The highest BCUT2D eigenvalue weighted by atomic mass is 16.6. The molecule has 152 valence electrons. The van der Waals surface area contributed by atoms with Crippen molar-refractivity contribution in [1.29, 1.82) is 0 Å². The van der Waals surface area contributed by atoms with Gasteiger partial charge in [0, 0.05) is 16.7 Å². The second-order valence-electron chi connectivity index (χ2n) is 8.62. The molecule has 1 aliphatic heterocycles. The third-order valence-corrected chi connectivity index (χ3v) is 4.75. The second-order valence-corrected chi connectivity index (χ2v) is 8.62. The van der Waals surface area contributed by atoms with E-state index in [1.54, 1.807) is 18.1 Å². The van der Waals surface area contributed by atoms with Gasteiger partial charge in [0.15, 0.2) is 0 Å². The number of methoxy groups -OCH3 is 1. The lowest BCUT2D eigenvalue weighted by molar-refractivity contribution is -0.103. The zero-order valence-corrected chi connectivity index (χ0v) is 17.8. The Labute approximate surface area is 171 Å². The van der Waals surface area contributed by atoms with E-state index < -0.39 is 17.2 Å². The molecule has 5 heteroatoms. The van der Waals surface area contributed by atoms with Crippen molar-refractivity contribution >= 4 is 23.6 Å². The highest BCUT2D eigenvalue weighted by Gasteiger charge is 2.39. The van der Waals surface area contributed by atoms with Crippen molar-refractivity contribution in [2.45, 2.75) is 45.8 Å². The zero-order valence-electron chi connectivity index (χ0n) is 17.8. The Morgan fingerprint density at radius 1 is 1.07 bits per heavy atom. The fourth-order valence-corrected chi connectivity index (χ4v) is 3.58. The normalized spacial score (nSPS) is 15.2. The van der Waals surface area contributed by atoms with Gasteiger partial charge in [-0.15, -0.1) is 0 Å². The number of para-hydroxylation sites is 1. The van der Waals surface area contributed by atoms with Gasteiger partial charge in [0.05, 0.1) is 18.3 Å². The van der Waals surface area contributed by atoms with Crippen molar-refractivity contribution < 1.29 is 19.1 Å². The van der Waals surface area contributed by atoms with E-state index in [0.29, 0.717) is 16.8 Å². The number of carbonyl (C=O) groups is 2. The van der Waals surface area contributed by atoms with Gasteiger partial charge in [0.2, 0.25) is 0 Å². The van der Waals surface area contributed by atoms with E-state index in [-0.39, 0.29) is 0 Å². The molecule has 0 aromatic heterocycles. The summed E-state index contributed by atoms with van der Waals surface area (Å²) >= 11 is 0. The molecule has 0 saturated heterocycles. The molecule has 29 heavy (non-hydrogen) atoms. The number of rotatable bonds is 3. The van der Waals surface area contributed by atoms with Gasteiger partial charge in [-0.25, -0.2) is 4.79 Å². The summed E-state index contributed by atoms with van der Waals surface area (Å²) in [7, 11) is 1.63. The van der Waals surface area contributed by atoms with Crippen LogP contribution in [0, 0.1) is 0 Å². The number of aldehydes is 1. The number of amides is 1. The predicted molar refractivity (Wildman–Crippen MR) is 115 cm³/mol. The minimum Gasteiger partial charge on any atom is -0.496 e. The van der Waals surface area contributed by atoms with Crippen molar-refractivity contribution in [3.63, 3.8) is 0 Å². The van der Waals surface area contributed by atoms with Crippen LogP contribution in [0.5, 0.6) is 5.75 Å². The number of anilines is 1. The summed E-state index contributed by atoms with van der Waals surface area (Å²) in [6.45, 7) is 9.27. The Balaban J connectivity index is 2.16. The number of hydrogen-bond donors (Lipinski definition) is 0. The number of fused-ring (bicyclic) bond motifs is 1. The maximum Gasteiger partial charge on any atom is 0.415 e.